The van der Waals surface area contributed by atoms with E-state index in [1.165, 1.54) is 0 Å². The molecule has 1 aromatic carbocycles. The van der Waals surface area contributed by atoms with Crippen LogP contribution in [0.5, 0.6) is 5.75 Å². The van der Waals surface area contributed by atoms with Crippen LogP contribution >= 0.6 is 15.9 Å². The van der Waals surface area contributed by atoms with Gasteiger partial charge in [0.05, 0.1) is 18.9 Å². The molecule has 20 heavy (non-hydrogen) atoms. The number of hydrogen-bond donors (Lipinski definition) is 0. The van der Waals surface area contributed by atoms with E-state index in [1.807, 2.05) is 32.2 Å². The maximum Gasteiger partial charge on any atom is 0.305 e. The molecule has 1 aromatic rings. The van der Waals surface area contributed by atoms with Crippen LogP contribution in [0.2, 0.25) is 0 Å². The van der Waals surface area contributed by atoms with E-state index in [2.05, 4.69) is 27.8 Å². The molecule has 0 radical (unpaired) electrons. The summed E-state index contributed by atoms with van der Waals surface area (Å²) in [5, 5.41) is 0. The van der Waals surface area contributed by atoms with Gasteiger partial charge in [0.1, 0.15) is 5.75 Å². The molecule has 0 spiro atoms. The van der Waals surface area contributed by atoms with Crippen molar-refractivity contribution in [2.45, 2.75) is 26.7 Å². The fourth-order valence-electron chi connectivity index (χ4n) is 1.71. The maximum absolute atomic E-state index is 11.2. The molecule has 4 nitrogen and oxygen atoms in total. The molecule has 0 amide bonds. The van der Waals surface area contributed by atoms with E-state index < -0.39 is 0 Å². The summed E-state index contributed by atoms with van der Waals surface area (Å²) in [7, 11) is 2.02. The molecule has 0 aromatic heterocycles. The Morgan fingerprint density at radius 3 is 2.75 bits per heavy atom. The lowest BCUT2D eigenvalue weighted by atomic mass is 10.2. The summed E-state index contributed by atoms with van der Waals surface area (Å²) in [6.45, 7) is 5.73. The zero-order valence-electron chi connectivity index (χ0n) is 12.3. The van der Waals surface area contributed by atoms with Gasteiger partial charge in [-0.05, 0) is 38.5 Å². The quantitative estimate of drug-likeness (QED) is 0.533. The van der Waals surface area contributed by atoms with Gasteiger partial charge in [0.15, 0.2) is 0 Å². The van der Waals surface area contributed by atoms with Crippen LogP contribution in [0.15, 0.2) is 22.7 Å². The number of carbonyl (C=O) groups excluding carboxylic acids is 1. The van der Waals surface area contributed by atoms with Gasteiger partial charge < -0.3 is 14.4 Å². The Morgan fingerprint density at radius 2 is 2.10 bits per heavy atom. The van der Waals surface area contributed by atoms with Crippen molar-refractivity contribution in [1.29, 1.82) is 0 Å². The van der Waals surface area contributed by atoms with Crippen LogP contribution in [0.1, 0.15) is 26.7 Å². The fourth-order valence-corrected chi connectivity index (χ4v) is 2.06. The van der Waals surface area contributed by atoms with Crippen molar-refractivity contribution in [2.75, 3.05) is 31.7 Å². The number of benzene rings is 1. The fraction of sp³-hybridized carbons (Fsp3) is 0.533. The van der Waals surface area contributed by atoms with E-state index in [1.54, 1.807) is 0 Å². The van der Waals surface area contributed by atoms with Crippen molar-refractivity contribution in [2.24, 2.45) is 0 Å². The Bertz CT molecular complexity index is 437. The van der Waals surface area contributed by atoms with Crippen molar-refractivity contribution in [3.63, 3.8) is 0 Å². The summed E-state index contributed by atoms with van der Waals surface area (Å²) in [6.07, 6.45) is 1.05. The Kier molecular flexibility index (Phi) is 7.44. The van der Waals surface area contributed by atoms with Crippen LogP contribution in [-0.4, -0.2) is 32.8 Å². The van der Waals surface area contributed by atoms with Gasteiger partial charge in [-0.1, -0.05) is 15.9 Å². The highest BCUT2D eigenvalue weighted by atomic mass is 79.9. The first-order valence-corrected chi connectivity index (χ1v) is 7.66. The molecule has 0 unspecified atom stereocenters. The molecule has 0 atom stereocenters. The van der Waals surface area contributed by atoms with Crippen LogP contribution in [0.3, 0.4) is 0 Å². The predicted molar refractivity (Wildman–Crippen MR) is 84.4 cm³/mol. The second-order valence-electron chi connectivity index (χ2n) is 4.38. The molecule has 0 aliphatic carbocycles. The van der Waals surface area contributed by atoms with E-state index in [0.29, 0.717) is 26.1 Å². The van der Waals surface area contributed by atoms with Crippen molar-refractivity contribution in [3.05, 3.63) is 22.7 Å². The van der Waals surface area contributed by atoms with Crippen LogP contribution in [0, 0.1) is 0 Å². The molecule has 0 N–H and O–H groups in total. The van der Waals surface area contributed by atoms with Crippen LogP contribution in [0.4, 0.5) is 5.69 Å². The molecule has 0 saturated carbocycles. The summed E-state index contributed by atoms with van der Waals surface area (Å²) >= 11 is 3.47. The first-order chi connectivity index (χ1) is 9.58. The molecule has 1 rings (SSSR count). The van der Waals surface area contributed by atoms with E-state index in [0.717, 1.165) is 22.5 Å². The largest absolute Gasteiger partial charge is 0.491 e. The minimum atomic E-state index is -0.169. The Morgan fingerprint density at radius 1 is 1.35 bits per heavy atom. The Hall–Kier alpha value is -1.23. The van der Waals surface area contributed by atoms with E-state index >= 15 is 0 Å². The number of rotatable bonds is 8. The first-order valence-electron chi connectivity index (χ1n) is 6.87. The average Bonchev–Trinajstić information content (AvgIpc) is 2.44. The SMILES string of the molecule is CCOC(=O)CCCOc1ccc(Br)cc1N(C)CC. The van der Waals surface area contributed by atoms with E-state index in [9.17, 15) is 4.79 Å². The topological polar surface area (TPSA) is 38.8 Å². The number of esters is 1. The van der Waals surface area contributed by atoms with E-state index in [4.69, 9.17) is 9.47 Å². The molecule has 112 valence electrons. The minimum Gasteiger partial charge on any atom is -0.491 e. The highest BCUT2D eigenvalue weighted by Crippen LogP contribution is 2.30. The molecule has 0 aliphatic rings. The smallest absolute Gasteiger partial charge is 0.305 e. The van der Waals surface area contributed by atoms with Gasteiger partial charge in [0.2, 0.25) is 0 Å². The summed E-state index contributed by atoms with van der Waals surface area (Å²) in [6, 6.07) is 5.92. The first kappa shape index (κ1) is 16.8. The highest BCUT2D eigenvalue weighted by molar-refractivity contribution is 9.10. The van der Waals surface area contributed by atoms with Gasteiger partial charge in [-0.3, -0.25) is 4.79 Å². The van der Waals surface area contributed by atoms with Crippen LogP contribution in [-0.2, 0) is 9.53 Å². The summed E-state index contributed by atoms with van der Waals surface area (Å²) in [4.78, 5) is 13.3. The maximum atomic E-state index is 11.2. The van der Waals surface area contributed by atoms with Crippen molar-refractivity contribution in [3.8, 4) is 5.75 Å². The molecule has 0 heterocycles. The lowest BCUT2D eigenvalue weighted by Crippen LogP contribution is -2.17. The molecule has 0 aliphatic heterocycles. The van der Waals surface area contributed by atoms with Crippen molar-refractivity contribution < 1.29 is 14.3 Å². The molecule has 0 fully saturated rings. The van der Waals surface area contributed by atoms with E-state index in [-0.39, 0.29) is 5.97 Å². The van der Waals surface area contributed by atoms with Crippen molar-refractivity contribution >= 4 is 27.6 Å². The number of ether oxygens (including phenoxy) is 2. The number of hydrogen-bond acceptors (Lipinski definition) is 4. The number of anilines is 1. The zero-order chi connectivity index (χ0) is 15.0. The molecule has 0 saturated heterocycles. The van der Waals surface area contributed by atoms with Gasteiger partial charge in [-0.25, -0.2) is 0 Å². The molecule has 5 heteroatoms. The monoisotopic (exact) mass is 343 g/mol. The van der Waals surface area contributed by atoms with Gasteiger partial charge >= 0.3 is 5.97 Å². The normalized spacial score (nSPS) is 10.2. The van der Waals surface area contributed by atoms with Crippen LogP contribution < -0.4 is 9.64 Å². The zero-order valence-corrected chi connectivity index (χ0v) is 13.9. The third-order valence-corrected chi connectivity index (χ3v) is 3.39. The average molecular weight is 344 g/mol. The molecular formula is C15H22BrNO3. The minimum absolute atomic E-state index is 0.169. The molecular weight excluding hydrogens is 322 g/mol. The number of carbonyl (C=O) groups is 1. The summed E-state index contributed by atoms with van der Waals surface area (Å²) in [5.74, 6) is 0.666. The third kappa shape index (κ3) is 5.41. The second-order valence-corrected chi connectivity index (χ2v) is 5.30. The molecule has 0 bridgehead atoms. The summed E-state index contributed by atoms with van der Waals surface area (Å²) < 4.78 is 11.7. The third-order valence-electron chi connectivity index (χ3n) is 2.89. The second kappa shape index (κ2) is 8.84. The number of nitrogens with zero attached hydrogens (tertiary/aromatic N) is 1. The van der Waals surface area contributed by atoms with Gasteiger partial charge in [0.25, 0.3) is 0 Å². The van der Waals surface area contributed by atoms with Gasteiger partial charge in [-0.2, -0.15) is 0 Å². The predicted octanol–water partition coefficient (Wildman–Crippen LogP) is 3.63. The van der Waals surface area contributed by atoms with Gasteiger partial charge in [0, 0.05) is 24.5 Å². The Balaban J connectivity index is 2.53. The lowest BCUT2D eigenvalue weighted by Gasteiger charge is -2.21. The summed E-state index contributed by atoms with van der Waals surface area (Å²) in [5.41, 5.74) is 1.04. The van der Waals surface area contributed by atoms with Crippen molar-refractivity contribution in [1.82, 2.24) is 0 Å². The van der Waals surface area contributed by atoms with Crippen LogP contribution in [0.25, 0.3) is 0 Å². The van der Waals surface area contributed by atoms with Gasteiger partial charge in [-0.15, -0.1) is 0 Å². The number of halogens is 1. The highest BCUT2D eigenvalue weighted by Gasteiger charge is 2.09. The Labute approximate surface area is 129 Å². The lowest BCUT2D eigenvalue weighted by molar-refractivity contribution is -0.143. The standard InChI is InChI=1S/C15H22BrNO3/c1-4-17(3)13-11-12(16)8-9-14(13)20-10-6-7-15(18)19-5-2/h8-9,11H,4-7,10H2,1-3H3.